The van der Waals surface area contributed by atoms with Crippen molar-refractivity contribution in [3.63, 3.8) is 0 Å². The summed E-state index contributed by atoms with van der Waals surface area (Å²) >= 11 is 0. The summed E-state index contributed by atoms with van der Waals surface area (Å²) in [7, 11) is 0. The Bertz CT molecular complexity index is 1290. The number of carbonyl (C=O) groups excluding carboxylic acids is 4. The number of ketones is 1. The van der Waals surface area contributed by atoms with Gasteiger partial charge >= 0.3 is 11.9 Å². The van der Waals surface area contributed by atoms with E-state index in [0.29, 0.717) is 5.56 Å². The van der Waals surface area contributed by atoms with Gasteiger partial charge in [0, 0.05) is 24.3 Å². The van der Waals surface area contributed by atoms with Crippen molar-refractivity contribution in [1.82, 2.24) is 4.90 Å². The van der Waals surface area contributed by atoms with Gasteiger partial charge in [-0.3, -0.25) is 14.4 Å². The Morgan fingerprint density at radius 3 is 1.95 bits per heavy atom. The van der Waals surface area contributed by atoms with Crippen LogP contribution in [0.15, 0.2) is 115 Å². The van der Waals surface area contributed by atoms with E-state index in [1.807, 2.05) is 60.7 Å². The molecule has 0 heterocycles. The van der Waals surface area contributed by atoms with Crippen LogP contribution in [0.25, 0.3) is 0 Å². The lowest BCUT2D eigenvalue weighted by Crippen LogP contribution is -2.39. The van der Waals surface area contributed by atoms with Crippen LogP contribution in [0.2, 0.25) is 0 Å². The molecule has 0 N–H and O–H groups in total. The van der Waals surface area contributed by atoms with Gasteiger partial charge in [-0.2, -0.15) is 0 Å². The van der Waals surface area contributed by atoms with Crippen molar-refractivity contribution in [2.45, 2.75) is 32.5 Å². The first-order chi connectivity index (χ1) is 19.0. The highest BCUT2D eigenvalue weighted by Crippen LogP contribution is 2.16. The highest BCUT2D eigenvalue weighted by molar-refractivity contribution is 6.07. The number of esters is 2. The molecule has 3 aromatic carbocycles. The molecule has 1 amide bonds. The molecular weight excluding hydrogens is 494 g/mol. The number of ether oxygens (including phenoxy) is 2. The maximum atomic E-state index is 13.4. The molecule has 0 spiro atoms. The van der Waals surface area contributed by atoms with Gasteiger partial charge in [-0.1, -0.05) is 97.1 Å². The summed E-state index contributed by atoms with van der Waals surface area (Å²) in [6.45, 7) is 2.08. The third-order valence-corrected chi connectivity index (χ3v) is 5.67. The second-order valence-corrected chi connectivity index (χ2v) is 8.54. The Morgan fingerprint density at radius 2 is 1.33 bits per heavy atom. The number of hydrogen-bond acceptors (Lipinski definition) is 6. The van der Waals surface area contributed by atoms with Gasteiger partial charge in [-0.05, 0) is 24.1 Å². The minimum Gasteiger partial charge on any atom is -0.463 e. The Hall–Kier alpha value is -4.78. The van der Waals surface area contributed by atoms with Crippen molar-refractivity contribution in [3.8, 4) is 0 Å². The fourth-order valence-electron chi connectivity index (χ4n) is 3.71. The molecule has 0 aliphatic carbocycles. The standard InChI is InChI=1S/C32H31NO6/c1-2-38-31(36)21-18-28(22-32(37)39-24-26-14-8-4-9-15-26)33(23-25-12-6-3-7-13-25)30(35)20-19-29(34)27-16-10-5-11-17-27/h3-21,28H,2,22-24H2,1H3/b20-19+,21-18+/t28-/m1/s1. The Labute approximate surface area is 228 Å². The molecule has 0 aromatic heterocycles. The molecule has 0 saturated carbocycles. The first-order valence-corrected chi connectivity index (χ1v) is 12.6. The minimum atomic E-state index is -0.845. The fraction of sp³-hybridized carbons (Fsp3) is 0.188. The van der Waals surface area contributed by atoms with Crippen LogP contribution in [0, 0.1) is 0 Å². The molecule has 0 saturated heterocycles. The van der Waals surface area contributed by atoms with Crippen molar-refractivity contribution in [1.29, 1.82) is 0 Å². The van der Waals surface area contributed by atoms with Gasteiger partial charge in [0.2, 0.25) is 5.91 Å². The number of hydrogen-bond donors (Lipinski definition) is 0. The third kappa shape index (κ3) is 9.89. The molecule has 0 aliphatic heterocycles. The Balaban J connectivity index is 1.85. The second-order valence-electron chi connectivity index (χ2n) is 8.54. The van der Waals surface area contributed by atoms with Crippen molar-refractivity contribution >= 4 is 23.6 Å². The summed E-state index contributed by atoms with van der Waals surface area (Å²) in [6, 6.07) is 26.2. The van der Waals surface area contributed by atoms with E-state index in [1.165, 1.54) is 29.2 Å². The Kier molecular flexibility index (Phi) is 11.4. The molecule has 3 rings (SSSR count). The number of allylic oxidation sites excluding steroid dienone is 1. The molecule has 0 bridgehead atoms. The van der Waals surface area contributed by atoms with Crippen LogP contribution in [0.4, 0.5) is 0 Å². The van der Waals surface area contributed by atoms with Crippen molar-refractivity contribution in [3.05, 3.63) is 132 Å². The van der Waals surface area contributed by atoms with E-state index in [9.17, 15) is 19.2 Å². The van der Waals surface area contributed by atoms with Crippen LogP contribution < -0.4 is 0 Å². The Morgan fingerprint density at radius 1 is 0.744 bits per heavy atom. The van der Waals surface area contributed by atoms with Gasteiger partial charge in [0.1, 0.15) is 6.61 Å². The number of carbonyl (C=O) groups is 4. The lowest BCUT2D eigenvalue weighted by Gasteiger charge is -2.29. The molecule has 0 aliphatic rings. The van der Waals surface area contributed by atoms with Crippen LogP contribution in [-0.4, -0.2) is 41.2 Å². The number of amides is 1. The van der Waals surface area contributed by atoms with E-state index < -0.39 is 23.9 Å². The summed E-state index contributed by atoms with van der Waals surface area (Å²) in [6.07, 6.45) is 4.83. The summed E-state index contributed by atoms with van der Waals surface area (Å²) in [5.41, 5.74) is 2.07. The van der Waals surface area contributed by atoms with E-state index in [1.54, 1.807) is 37.3 Å². The van der Waals surface area contributed by atoms with E-state index in [4.69, 9.17) is 9.47 Å². The van der Waals surface area contributed by atoms with E-state index in [-0.39, 0.29) is 32.0 Å². The topological polar surface area (TPSA) is 90.0 Å². The monoisotopic (exact) mass is 525 g/mol. The quantitative estimate of drug-likeness (QED) is 0.176. The molecule has 7 nitrogen and oxygen atoms in total. The second kappa shape index (κ2) is 15.5. The molecule has 7 heteroatoms. The van der Waals surface area contributed by atoms with Gasteiger partial charge in [0.15, 0.2) is 5.78 Å². The predicted molar refractivity (Wildman–Crippen MR) is 147 cm³/mol. The smallest absolute Gasteiger partial charge is 0.330 e. The summed E-state index contributed by atoms with van der Waals surface area (Å²) in [4.78, 5) is 52.4. The van der Waals surface area contributed by atoms with E-state index >= 15 is 0 Å². The fourth-order valence-corrected chi connectivity index (χ4v) is 3.71. The van der Waals surface area contributed by atoms with Crippen LogP contribution in [0.3, 0.4) is 0 Å². The largest absolute Gasteiger partial charge is 0.463 e. The molecule has 0 fully saturated rings. The zero-order valence-electron chi connectivity index (χ0n) is 21.8. The lowest BCUT2D eigenvalue weighted by atomic mass is 10.1. The predicted octanol–water partition coefficient (Wildman–Crippen LogP) is 5.08. The highest BCUT2D eigenvalue weighted by Gasteiger charge is 2.24. The van der Waals surface area contributed by atoms with Crippen molar-refractivity contribution in [2.24, 2.45) is 0 Å². The minimum absolute atomic E-state index is 0.0755. The average Bonchev–Trinajstić information content (AvgIpc) is 2.97. The van der Waals surface area contributed by atoms with Gasteiger partial charge in [-0.25, -0.2) is 4.79 Å². The summed E-state index contributed by atoms with van der Waals surface area (Å²) in [5, 5.41) is 0. The van der Waals surface area contributed by atoms with Crippen molar-refractivity contribution in [2.75, 3.05) is 6.61 Å². The van der Waals surface area contributed by atoms with Gasteiger partial charge < -0.3 is 14.4 Å². The maximum absolute atomic E-state index is 13.4. The molecule has 39 heavy (non-hydrogen) atoms. The molecule has 3 aromatic rings. The molecule has 1 atom stereocenters. The summed E-state index contributed by atoms with van der Waals surface area (Å²) < 4.78 is 10.4. The lowest BCUT2D eigenvalue weighted by molar-refractivity contribution is -0.147. The molecule has 0 unspecified atom stereocenters. The molecule has 200 valence electrons. The van der Waals surface area contributed by atoms with Crippen LogP contribution in [0.1, 0.15) is 34.8 Å². The van der Waals surface area contributed by atoms with E-state index in [0.717, 1.165) is 11.1 Å². The first-order valence-electron chi connectivity index (χ1n) is 12.6. The van der Waals surface area contributed by atoms with Gasteiger partial charge in [-0.15, -0.1) is 0 Å². The average molecular weight is 526 g/mol. The number of rotatable bonds is 13. The normalized spacial score (nSPS) is 11.7. The van der Waals surface area contributed by atoms with Crippen LogP contribution in [-0.2, 0) is 37.0 Å². The highest BCUT2D eigenvalue weighted by atomic mass is 16.5. The van der Waals surface area contributed by atoms with E-state index in [2.05, 4.69) is 0 Å². The SMILES string of the molecule is CCOC(=O)/C=C/[C@H](CC(=O)OCc1ccccc1)N(Cc1ccccc1)C(=O)/C=C/C(=O)c1ccccc1. The first kappa shape index (κ1) is 28.8. The van der Waals surface area contributed by atoms with Gasteiger partial charge in [0.05, 0.1) is 19.1 Å². The summed E-state index contributed by atoms with van der Waals surface area (Å²) in [5.74, 6) is -1.98. The zero-order chi connectivity index (χ0) is 27.9. The van der Waals surface area contributed by atoms with Crippen LogP contribution in [0.5, 0.6) is 0 Å². The molecular formula is C32H31NO6. The number of benzene rings is 3. The third-order valence-electron chi connectivity index (χ3n) is 5.67. The number of nitrogens with zero attached hydrogens (tertiary/aromatic N) is 1. The zero-order valence-corrected chi connectivity index (χ0v) is 21.8. The molecule has 0 radical (unpaired) electrons. The van der Waals surface area contributed by atoms with Gasteiger partial charge in [0.25, 0.3) is 0 Å². The van der Waals surface area contributed by atoms with Crippen molar-refractivity contribution < 1.29 is 28.7 Å². The van der Waals surface area contributed by atoms with Crippen LogP contribution >= 0.6 is 0 Å². The maximum Gasteiger partial charge on any atom is 0.330 e.